The van der Waals surface area contributed by atoms with E-state index >= 15 is 0 Å². The Morgan fingerprint density at radius 3 is 2.23 bits per heavy atom. The summed E-state index contributed by atoms with van der Waals surface area (Å²) < 4.78 is 39.0. The summed E-state index contributed by atoms with van der Waals surface area (Å²) in [4.78, 5) is 12.4. The van der Waals surface area contributed by atoms with Crippen molar-refractivity contribution in [1.82, 2.24) is 0 Å². The van der Waals surface area contributed by atoms with Crippen LogP contribution in [0.3, 0.4) is 0 Å². The highest BCUT2D eigenvalue weighted by Gasteiger charge is 2.14. The number of esters is 1. The Hall–Kier alpha value is -3.07. The molecule has 0 heterocycles. The van der Waals surface area contributed by atoms with Crippen LogP contribution < -0.4 is 14.6 Å². The molecule has 9 heteroatoms. The van der Waals surface area contributed by atoms with Crippen LogP contribution in [-0.2, 0) is 21.4 Å². The minimum atomic E-state index is -3.76. The first-order valence-electron chi connectivity index (χ1n) is 9.22. The minimum Gasteiger partial charge on any atom is -0.490 e. The monoisotopic (exact) mass is 461 g/mol. The van der Waals surface area contributed by atoms with Gasteiger partial charge in [-0.2, -0.15) is 0 Å². The Labute approximate surface area is 185 Å². The summed E-state index contributed by atoms with van der Waals surface area (Å²) in [6, 6.07) is 19.6. The first-order chi connectivity index (χ1) is 14.8. The highest BCUT2D eigenvalue weighted by molar-refractivity contribution is 7.89. The third kappa shape index (κ3) is 6.71. The number of ether oxygens (including phenoxy) is 3. The van der Waals surface area contributed by atoms with Gasteiger partial charge < -0.3 is 14.2 Å². The number of carbonyl (C=O) groups excluding carboxylic acids is 1. The molecule has 0 atom stereocenters. The second-order valence-electron chi connectivity index (χ2n) is 6.41. The molecular weight excluding hydrogens is 442 g/mol. The van der Waals surface area contributed by atoms with E-state index < -0.39 is 16.0 Å². The molecule has 3 rings (SSSR count). The summed E-state index contributed by atoms with van der Waals surface area (Å²) in [5.41, 5.74) is 1.21. The van der Waals surface area contributed by atoms with Gasteiger partial charge in [0.2, 0.25) is 10.0 Å². The van der Waals surface area contributed by atoms with Crippen molar-refractivity contribution in [1.29, 1.82) is 0 Å². The maximum absolute atomic E-state index is 12.4. The summed E-state index contributed by atoms with van der Waals surface area (Å²) in [6.07, 6.45) is 0. The third-order valence-corrected chi connectivity index (χ3v) is 5.33. The van der Waals surface area contributed by atoms with Crippen LogP contribution in [0, 0.1) is 0 Å². The van der Waals surface area contributed by atoms with Gasteiger partial charge in [0.15, 0.2) is 0 Å². The van der Waals surface area contributed by atoms with E-state index in [1.54, 1.807) is 36.4 Å². The van der Waals surface area contributed by atoms with E-state index in [0.29, 0.717) is 22.1 Å². The van der Waals surface area contributed by atoms with Gasteiger partial charge in [-0.3, -0.25) is 0 Å². The molecule has 0 aliphatic heterocycles. The van der Waals surface area contributed by atoms with E-state index in [1.165, 1.54) is 24.3 Å². The SMILES string of the molecule is NS(=O)(=O)c1ccc(OCCOC(=O)c2ccccc2OCc2ccc(Cl)cc2)cc1. The van der Waals surface area contributed by atoms with Gasteiger partial charge in [0, 0.05) is 5.02 Å². The Morgan fingerprint density at radius 1 is 0.871 bits per heavy atom. The van der Waals surface area contributed by atoms with Crippen molar-refractivity contribution in [3.05, 3.63) is 88.9 Å². The van der Waals surface area contributed by atoms with Crippen LogP contribution in [0.4, 0.5) is 0 Å². The number of primary sulfonamides is 1. The smallest absolute Gasteiger partial charge is 0.342 e. The molecule has 162 valence electrons. The summed E-state index contributed by atoms with van der Waals surface area (Å²) in [7, 11) is -3.76. The van der Waals surface area contributed by atoms with E-state index in [1.807, 2.05) is 12.1 Å². The second-order valence-corrected chi connectivity index (χ2v) is 8.41. The van der Waals surface area contributed by atoms with Crippen molar-refractivity contribution >= 4 is 27.6 Å². The second kappa shape index (κ2) is 10.3. The van der Waals surface area contributed by atoms with Crippen molar-refractivity contribution < 1.29 is 27.4 Å². The molecule has 0 bridgehead atoms. The molecule has 3 aromatic rings. The van der Waals surface area contributed by atoms with Crippen LogP contribution in [0.1, 0.15) is 15.9 Å². The van der Waals surface area contributed by atoms with E-state index in [4.69, 9.17) is 31.0 Å². The number of halogens is 1. The number of rotatable bonds is 9. The molecule has 0 radical (unpaired) electrons. The van der Waals surface area contributed by atoms with Crippen LogP contribution in [0.2, 0.25) is 5.02 Å². The van der Waals surface area contributed by atoms with Gasteiger partial charge in [0.25, 0.3) is 0 Å². The predicted molar refractivity (Wildman–Crippen MR) is 116 cm³/mol. The van der Waals surface area contributed by atoms with Crippen molar-refractivity contribution in [2.75, 3.05) is 13.2 Å². The lowest BCUT2D eigenvalue weighted by Crippen LogP contribution is -2.14. The average molecular weight is 462 g/mol. The zero-order valence-electron chi connectivity index (χ0n) is 16.4. The highest BCUT2D eigenvalue weighted by Crippen LogP contribution is 2.21. The molecular formula is C22H20ClNO6S. The summed E-state index contributed by atoms with van der Waals surface area (Å²) in [5.74, 6) is 0.289. The van der Waals surface area contributed by atoms with Gasteiger partial charge in [0.1, 0.15) is 36.9 Å². The molecule has 0 aliphatic carbocycles. The molecule has 0 saturated carbocycles. The molecule has 0 fully saturated rings. The quantitative estimate of drug-likeness (QED) is 0.384. The van der Waals surface area contributed by atoms with Crippen molar-refractivity contribution in [2.24, 2.45) is 5.14 Å². The largest absolute Gasteiger partial charge is 0.490 e. The highest BCUT2D eigenvalue weighted by atomic mass is 35.5. The lowest BCUT2D eigenvalue weighted by molar-refractivity contribution is 0.0445. The van der Waals surface area contributed by atoms with Crippen molar-refractivity contribution in [3.63, 3.8) is 0 Å². The van der Waals surface area contributed by atoms with E-state index in [-0.39, 0.29) is 24.7 Å². The molecule has 0 saturated heterocycles. The number of nitrogens with two attached hydrogens (primary N) is 1. The number of sulfonamides is 1. The lowest BCUT2D eigenvalue weighted by Gasteiger charge is -2.12. The molecule has 0 unspecified atom stereocenters. The van der Waals surface area contributed by atoms with E-state index in [9.17, 15) is 13.2 Å². The zero-order chi connectivity index (χ0) is 22.3. The van der Waals surface area contributed by atoms with Gasteiger partial charge >= 0.3 is 5.97 Å². The molecule has 31 heavy (non-hydrogen) atoms. The van der Waals surface area contributed by atoms with Crippen LogP contribution in [0.15, 0.2) is 77.7 Å². The van der Waals surface area contributed by atoms with Gasteiger partial charge in [-0.25, -0.2) is 18.4 Å². The summed E-state index contributed by atoms with van der Waals surface area (Å²) in [6.45, 7) is 0.370. The van der Waals surface area contributed by atoms with Crippen LogP contribution in [-0.4, -0.2) is 27.6 Å². The summed E-state index contributed by atoms with van der Waals surface area (Å²) >= 11 is 5.88. The van der Waals surface area contributed by atoms with Crippen LogP contribution >= 0.6 is 11.6 Å². The zero-order valence-corrected chi connectivity index (χ0v) is 17.9. The normalized spacial score (nSPS) is 11.0. The maximum Gasteiger partial charge on any atom is 0.342 e. The molecule has 0 aliphatic rings. The maximum atomic E-state index is 12.4. The van der Waals surface area contributed by atoms with Gasteiger partial charge in [-0.1, -0.05) is 35.9 Å². The topological polar surface area (TPSA) is 105 Å². The fraction of sp³-hybridized carbons (Fsp3) is 0.136. The minimum absolute atomic E-state index is 0.00128. The number of hydrogen-bond acceptors (Lipinski definition) is 6. The first kappa shape index (κ1) is 22.6. The molecule has 0 aromatic heterocycles. The first-order valence-corrected chi connectivity index (χ1v) is 11.1. The molecule has 2 N–H and O–H groups in total. The van der Waals surface area contributed by atoms with Crippen molar-refractivity contribution in [2.45, 2.75) is 11.5 Å². The Morgan fingerprint density at radius 2 is 1.55 bits per heavy atom. The third-order valence-electron chi connectivity index (χ3n) is 4.15. The van der Waals surface area contributed by atoms with E-state index in [0.717, 1.165) is 5.56 Å². The number of benzene rings is 3. The fourth-order valence-corrected chi connectivity index (χ4v) is 3.24. The fourth-order valence-electron chi connectivity index (χ4n) is 2.60. The van der Waals surface area contributed by atoms with Gasteiger partial charge in [-0.05, 0) is 54.1 Å². The lowest BCUT2D eigenvalue weighted by atomic mass is 10.2. The van der Waals surface area contributed by atoms with Gasteiger partial charge in [0.05, 0.1) is 4.90 Å². The van der Waals surface area contributed by atoms with Crippen LogP contribution in [0.25, 0.3) is 0 Å². The Bertz CT molecular complexity index is 1130. The van der Waals surface area contributed by atoms with Gasteiger partial charge in [-0.15, -0.1) is 0 Å². The Kier molecular flexibility index (Phi) is 7.51. The predicted octanol–water partition coefficient (Wildman–Crippen LogP) is 3.80. The average Bonchev–Trinajstić information content (AvgIpc) is 2.76. The van der Waals surface area contributed by atoms with E-state index in [2.05, 4.69) is 0 Å². The van der Waals surface area contributed by atoms with Crippen molar-refractivity contribution in [3.8, 4) is 11.5 Å². The molecule has 3 aromatic carbocycles. The standard InChI is InChI=1S/C22H20ClNO6S/c23-17-7-5-16(6-8-17)15-30-21-4-2-1-3-20(21)22(25)29-14-13-28-18-9-11-19(12-10-18)31(24,26)27/h1-12H,13-15H2,(H2,24,26,27). The van der Waals surface area contributed by atoms with Crippen LogP contribution in [0.5, 0.6) is 11.5 Å². The molecule has 0 spiro atoms. The number of hydrogen-bond donors (Lipinski definition) is 1. The Balaban J connectivity index is 1.51. The molecule has 7 nitrogen and oxygen atoms in total. The molecule has 0 amide bonds. The number of carbonyl (C=O) groups is 1. The summed E-state index contributed by atoms with van der Waals surface area (Å²) in [5, 5.41) is 5.68. The number of para-hydroxylation sites is 1.